The third kappa shape index (κ3) is 4.39. The van der Waals surface area contributed by atoms with E-state index < -0.39 is 39.0 Å². The maximum absolute atomic E-state index is 11.1. The summed E-state index contributed by atoms with van der Waals surface area (Å²) >= 11 is 11.8. The average molecular weight is 349 g/mol. The minimum Gasteiger partial charge on any atom is -0.391 e. The molecule has 20 heavy (non-hydrogen) atoms. The van der Waals surface area contributed by atoms with Gasteiger partial charge in [-0.05, 0) is 19.3 Å². The molecule has 6 N–H and O–H groups in total. The lowest BCUT2D eigenvalue weighted by Crippen LogP contribution is -2.70. The fourth-order valence-electron chi connectivity index (χ4n) is 2.45. The van der Waals surface area contributed by atoms with Gasteiger partial charge in [0.05, 0.1) is 11.4 Å². The van der Waals surface area contributed by atoms with Gasteiger partial charge in [-0.1, -0.05) is 23.2 Å². The van der Waals surface area contributed by atoms with Crippen molar-refractivity contribution in [2.24, 2.45) is 0 Å². The van der Waals surface area contributed by atoms with Gasteiger partial charge in [0, 0.05) is 6.04 Å². The van der Waals surface area contributed by atoms with Crippen molar-refractivity contribution >= 4 is 33.3 Å². The van der Waals surface area contributed by atoms with E-state index in [-0.39, 0.29) is 18.9 Å². The lowest BCUT2D eigenvalue weighted by molar-refractivity contribution is 0.0730. The fourth-order valence-corrected chi connectivity index (χ4v) is 3.89. The van der Waals surface area contributed by atoms with E-state index in [1.807, 2.05) is 0 Å². The Kier molecular flexibility index (Phi) is 5.49. The highest BCUT2D eigenvalue weighted by Crippen LogP contribution is 2.24. The zero-order valence-corrected chi connectivity index (χ0v) is 12.8. The molecule has 1 aliphatic carbocycles. The highest BCUT2D eigenvalue weighted by Gasteiger charge is 2.37. The number of nitrogens with one attached hydrogen (secondary N) is 4. The Morgan fingerprint density at radius 2 is 1.70 bits per heavy atom. The number of hydrogen-bond donors (Lipinski definition) is 6. The first-order valence-corrected chi connectivity index (χ1v) is 8.60. The van der Waals surface area contributed by atoms with Crippen molar-refractivity contribution in [2.75, 3.05) is 0 Å². The van der Waals surface area contributed by atoms with Crippen molar-refractivity contribution in [1.29, 1.82) is 0 Å². The number of halogens is 2. The van der Waals surface area contributed by atoms with Gasteiger partial charge < -0.3 is 5.11 Å². The van der Waals surface area contributed by atoms with Crippen molar-refractivity contribution in [3.05, 3.63) is 0 Å². The van der Waals surface area contributed by atoms with Gasteiger partial charge in [0.2, 0.25) is 0 Å². The Morgan fingerprint density at radius 3 is 2.20 bits per heavy atom. The molecule has 2 fully saturated rings. The predicted octanol–water partition coefficient (Wildman–Crippen LogP) is -1.14. The van der Waals surface area contributed by atoms with Crippen molar-refractivity contribution in [1.82, 2.24) is 21.3 Å². The van der Waals surface area contributed by atoms with E-state index in [4.69, 9.17) is 27.8 Å². The van der Waals surface area contributed by atoms with E-state index in [0.717, 1.165) is 0 Å². The molecular formula is C9H18Cl2N4O4S. The van der Waals surface area contributed by atoms with Crippen molar-refractivity contribution in [2.45, 2.75) is 54.2 Å². The molecule has 1 heterocycles. The molecule has 0 aromatic rings. The van der Waals surface area contributed by atoms with Gasteiger partial charge in [0.15, 0.2) is 0 Å². The van der Waals surface area contributed by atoms with Crippen LogP contribution in [0.4, 0.5) is 0 Å². The van der Waals surface area contributed by atoms with Crippen LogP contribution in [-0.2, 0) is 10.1 Å². The lowest BCUT2D eigenvalue weighted by atomic mass is 9.92. The van der Waals surface area contributed by atoms with E-state index in [9.17, 15) is 13.5 Å². The first-order chi connectivity index (χ1) is 9.25. The molecule has 0 amide bonds. The van der Waals surface area contributed by atoms with E-state index in [1.54, 1.807) is 0 Å². The molecule has 8 nitrogen and oxygen atoms in total. The molecule has 0 aromatic carbocycles. The predicted molar refractivity (Wildman–Crippen MR) is 74.6 cm³/mol. The Morgan fingerprint density at radius 1 is 1.10 bits per heavy atom. The molecule has 5 atom stereocenters. The fraction of sp³-hybridized carbons (Fsp3) is 1.00. The topological polar surface area (TPSA) is 123 Å². The van der Waals surface area contributed by atoms with Gasteiger partial charge in [-0.15, -0.1) is 0 Å². The zero-order chi connectivity index (χ0) is 14.9. The summed E-state index contributed by atoms with van der Waals surface area (Å²) in [5.41, 5.74) is -1.05. The maximum Gasteiger partial charge on any atom is 0.267 e. The summed E-state index contributed by atoms with van der Waals surface area (Å²) in [4.78, 5) is 0. The number of aliphatic hydroxyl groups excluding tert-OH is 1. The van der Waals surface area contributed by atoms with Gasteiger partial charge in [-0.2, -0.15) is 8.42 Å². The Labute approximate surface area is 127 Å². The maximum atomic E-state index is 11.1. The highest BCUT2D eigenvalue weighted by molar-refractivity contribution is 7.86. The van der Waals surface area contributed by atoms with Gasteiger partial charge >= 0.3 is 0 Å². The molecule has 1 aliphatic heterocycles. The first kappa shape index (κ1) is 16.7. The summed E-state index contributed by atoms with van der Waals surface area (Å²) in [6, 6.07) is -0.316. The smallest absolute Gasteiger partial charge is 0.267 e. The van der Waals surface area contributed by atoms with Crippen LogP contribution in [0.15, 0.2) is 0 Å². The largest absolute Gasteiger partial charge is 0.391 e. The molecule has 0 radical (unpaired) electrons. The standard InChI is InChI=1S/C9H18Cl2N4O4S/c10-7-13-8(11)15-9(14-7)12-5-2-1-4(3-6(5)16)20(17,18)19/h4-9,12-16H,1-3H2,(H,17,18,19). The van der Waals surface area contributed by atoms with Crippen LogP contribution in [0.2, 0.25) is 0 Å². The second-order valence-corrected chi connectivity index (χ2v) is 7.52. The number of alkyl halides is 2. The van der Waals surface area contributed by atoms with Crippen LogP contribution in [0.1, 0.15) is 19.3 Å². The summed E-state index contributed by atoms with van der Waals surface area (Å²) in [5.74, 6) is 0. The molecule has 1 saturated heterocycles. The van der Waals surface area contributed by atoms with E-state index in [0.29, 0.717) is 6.42 Å². The minimum atomic E-state index is -4.10. The molecule has 0 bridgehead atoms. The normalized spacial score (nSPS) is 43.4. The van der Waals surface area contributed by atoms with E-state index >= 15 is 0 Å². The van der Waals surface area contributed by atoms with Gasteiger partial charge in [-0.25, -0.2) is 0 Å². The van der Waals surface area contributed by atoms with Crippen LogP contribution in [0, 0.1) is 0 Å². The first-order valence-electron chi connectivity index (χ1n) is 6.22. The summed E-state index contributed by atoms with van der Waals surface area (Å²) in [5, 5.41) is 20.8. The van der Waals surface area contributed by atoms with Crippen molar-refractivity contribution < 1.29 is 18.1 Å². The van der Waals surface area contributed by atoms with E-state index in [2.05, 4.69) is 21.3 Å². The third-order valence-electron chi connectivity index (χ3n) is 3.49. The molecule has 2 rings (SSSR count). The molecular weight excluding hydrogens is 331 g/mol. The average Bonchev–Trinajstić information content (AvgIpc) is 2.29. The number of aliphatic hydroxyl groups is 1. The van der Waals surface area contributed by atoms with Crippen molar-refractivity contribution in [3.8, 4) is 0 Å². The molecule has 2 aliphatic rings. The minimum absolute atomic E-state index is 0.00389. The van der Waals surface area contributed by atoms with Crippen LogP contribution in [0.3, 0.4) is 0 Å². The SMILES string of the molecule is O=S(=O)(O)C1CCC(NC2NC(Cl)NC(Cl)N2)C(O)C1. The second kappa shape index (κ2) is 6.59. The van der Waals surface area contributed by atoms with Gasteiger partial charge in [0.25, 0.3) is 10.1 Å². The molecule has 11 heteroatoms. The van der Waals surface area contributed by atoms with Crippen molar-refractivity contribution in [3.63, 3.8) is 0 Å². The van der Waals surface area contributed by atoms with Gasteiger partial charge in [0.1, 0.15) is 17.5 Å². The third-order valence-corrected chi connectivity index (χ3v) is 5.26. The Bertz CT molecular complexity index is 430. The Hall–Kier alpha value is 0.290. The van der Waals surface area contributed by atoms with E-state index in [1.165, 1.54) is 0 Å². The summed E-state index contributed by atoms with van der Waals surface area (Å²) in [7, 11) is -4.10. The van der Waals surface area contributed by atoms with Crippen LogP contribution < -0.4 is 21.3 Å². The summed E-state index contributed by atoms with van der Waals surface area (Å²) < 4.78 is 31.2. The van der Waals surface area contributed by atoms with Crippen LogP contribution in [0.5, 0.6) is 0 Å². The van der Waals surface area contributed by atoms with Crippen LogP contribution in [0.25, 0.3) is 0 Å². The second-order valence-electron chi connectivity index (χ2n) is 4.95. The number of rotatable bonds is 3. The molecule has 118 valence electrons. The van der Waals surface area contributed by atoms with Gasteiger partial charge in [-0.3, -0.25) is 25.8 Å². The molecule has 0 spiro atoms. The van der Waals surface area contributed by atoms with Crippen LogP contribution in [-0.4, -0.2) is 53.0 Å². The lowest BCUT2D eigenvalue weighted by Gasteiger charge is -2.39. The highest BCUT2D eigenvalue weighted by atomic mass is 35.5. The quantitative estimate of drug-likeness (QED) is 0.215. The molecule has 5 unspecified atom stereocenters. The summed E-state index contributed by atoms with van der Waals surface area (Å²) in [6.07, 6.45) is -0.595. The molecule has 1 saturated carbocycles. The number of hydrogen-bond acceptors (Lipinski definition) is 7. The molecule has 0 aromatic heterocycles. The van der Waals surface area contributed by atoms with Crippen LogP contribution >= 0.6 is 23.2 Å². The zero-order valence-electron chi connectivity index (χ0n) is 10.5. The monoisotopic (exact) mass is 348 g/mol. The summed E-state index contributed by atoms with van der Waals surface area (Å²) in [6.45, 7) is 0. The Balaban J connectivity index is 1.88.